The first-order chi connectivity index (χ1) is 12.6. The van der Waals surface area contributed by atoms with Gasteiger partial charge in [-0.1, -0.05) is 0 Å². The second-order valence-electron chi connectivity index (χ2n) is 7.55. The lowest BCUT2D eigenvalue weighted by Crippen LogP contribution is -2.63. The molecule has 0 aromatic carbocycles. The van der Waals surface area contributed by atoms with Crippen molar-refractivity contribution in [2.75, 3.05) is 57.0 Å². The van der Waals surface area contributed by atoms with Crippen LogP contribution < -0.4 is 10.6 Å². The SMILES string of the molecule is CN=C(NCCS(=O)(=O)N1CCSCC1)NC1CN(C(=O)OC(C)(C)C)C1.I. The van der Waals surface area contributed by atoms with Gasteiger partial charge in [0.05, 0.1) is 11.8 Å². The Bertz CT molecular complexity index is 642. The van der Waals surface area contributed by atoms with E-state index in [4.69, 9.17) is 4.74 Å². The summed E-state index contributed by atoms with van der Waals surface area (Å²) in [6, 6.07) is 0.0689. The molecule has 2 N–H and O–H groups in total. The van der Waals surface area contributed by atoms with Crippen LogP contribution >= 0.6 is 35.7 Å². The summed E-state index contributed by atoms with van der Waals surface area (Å²) in [7, 11) is -1.60. The molecule has 2 saturated heterocycles. The van der Waals surface area contributed by atoms with Crippen molar-refractivity contribution < 1.29 is 17.9 Å². The lowest BCUT2D eigenvalue weighted by atomic mass is 10.1. The van der Waals surface area contributed by atoms with Crippen LogP contribution in [-0.2, 0) is 14.8 Å². The third kappa shape index (κ3) is 8.11. The number of sulfonamides is 1. The fraction of sp³-hybridized carbons (Fsp3) is 0.875. The molecule has 0 saturated carbocycles. The highest BCUT2D eigenvalue weighted by Crippen LogP contribution is 2.15. The molecule has 2 fully saturated rings. The van der Waals surface area contributed by atoms with E-state index in [1.807, 2.05) is 20.8 Å². The Kier molecular flexibility index (Phi) is 10.1. The summed E-state index contributed by atoms with van der Waals surface area (Å²) in [6.07, 6.45) is -0.325. The second-order valence-corrected chi connectivity index (χ2v) is 10.9. The van der Waals surface area contributed by atoms with Crippen molar-refractivity contribution in [1.29, 1.82) is 0 Å². The van der Waals surface area contributed by atoms with Gasteiger partial charge in [0.15, 0.2) is 5.96 Å². The second kappa shape index (κ2) is 11.1. The summed E-state index contributed by atoms with van der Waals surface area (Å²) in [5.74, 6) is 2.28. The van der Waals surface area contributed by atoms with Gasteiger partial charge in [-0.3, -0.25) is 4.99 Å². The number of guanidine groups is 1. The Balaban J connectivity index is 0.00000392. The molecule has 0 aromatic rings. The number of nitrogens with zero attached hydrogens (tertiary/aromatic N) is 3. The van der Waals surface area contributed by atoms with Crippen LogP contribution in [0.15, 0.2) is 4.99 Å². The molecule has 0 aromatic heterocycles. The normalized spacial score (nSPS) is 19.4. The maximum absolute atomic E-state index is 12.3. The van der Waals surface area contributed by atoms with E-state index in [-0.39, 0.29) is 48.4 Å². The van der Waals surface area contributed by atoms with Crippen molar-refractivity contribution in [3.05, 3.63) is 0 Å². The fourth-order valence-electron chi connectivity index (χ4n) is 2.69. The Morgan fingerprint density at radius 2 is 1.86 bits per heavy atom. The van der Waals surface area contributed by atoms with Crippen molar-refractivity contribution in [1.82, 2.24) is 19.8 Å². The average Bonchev–Trinajstić information content (AvgIpc) is 2.55. The molecular formula is C16H32IN5O4S2. The monoisotopic (exact) mass is 549 g/mol. The number of hydrogen-bond donors (Lipinski definition) is 2. The number of amides is 1. The minimum atomic E-state index is -3.24. The minimum absolute atomic E-state index is 0. The van der Waals surface area contributed by atoms with E-state index in [1.54, 1.807) is 28.0 Å². The third-order valence-corrected chi connectivity index (χ3v) is 6.93. The number of carbonyl (C=O) groups excluding carboxylic acids is 1. The Morgan fingerprint density at radius 1 is 1.25 bits per heavy atom. The standard InChI is InChI=1S/C16H31N5O4S2.HI/c1-16(2,3)25-15(22)20-11-13(12-20)19-14(17-4)18-5-10-27(23,24)21-6-8-26-9-7-21;/h13H,5-12H2,1-4H3,(H2,17,18,19);1H. The number of ether oxygens (including phenoxy) is 1. The molecule has 2 aliphatic heterocycles. The van der Waals surface area contributed by atoms with Gasteiger partial charge >= 0.3 is 6.09 Å². The van der Waals surface area contributed by atoms with Gasteiger partial charge in [-0.05, 0) is 20.8 Å². The Labute approximate surface area is 189 Å². The summed E-state index contributed by atoms with van der Waals surface area (Å²) < 4.78 is 31.6. The first-order valence-corrected chi connectivity index (χ1v) is 11.9. The number of thioether (sulfide) groups is 1. The van der Waals surface area contributed by atoms with Gasteiger partial charge < -0.3 is 20.3 Å². The van der Waals surface area contributed by atoms with Crippen LogP contribution in [0.4, 0.5) is 4.79 Å². The smallest absolute Gasteiger partial charge is 0.410 e. The average molecular weight is 550 g/mol. The maximum Gasteiger partial charge on any atom is 0.410 e. The molecule has 2 aliphatic rings. The molecule has 12 heteroatoms. The van der Waals surface area contributed by atoms with Crippen LogP contribution in [0.2, 0.25) is 0 Å². The largest absolute Gasteiger partial charge is 0.444 e. The molecule has 0 unspecified atom stereocenters. The summed E-state index contributed by atoms with van der Waals surface area (Å²) in [6.45, 7) is 8.02. The van der Waals surface area contributed by atoms with E-state index in [1.165, 1.54) is 0 Å². The minimum Gasteiger partial charge on any atom is -0.444 e. The highest BCUT2D eigenvalue weighted by molar-refractivity contribution is 14.0. The Morgan fingerprint density at radius 3 is 2.39 bits per heavy atom. The van der Waals surface area contributed by atoms with Crippen molar-refractivity contribution >= 4 is 57.8 Å². The molecule has 0 aliphatic carbocycles. The fourth-order valence-corrected chi connectivity index (χ4v) is 5.18. The third-order valence-electron chi connectivity index (χ3n) is 4.11. The van der Waals surface area contributed by atoms with E-state index >= 15 is 0 Å². The predicted molar refractivity (Wildman–Crippen MR) is 124 cm³/mol. The van der Waals surface area contributed by atoms with Crippen LogP contribution in [0, 0.1) is 0 Å². The van der Waals surface area contributed by atoms with Crippen molar-refractivity contribution in [3.8, 4) is 0 Å². The lowest BCUT2D eigenvalue weighted by molar-refractivity contribution is 0.00701. The first kappa shape index (κ1) is 25.6. The molecule has 164 valence electrons. The molecule has 2 heterocycles. The van der Waals surface area contributed by atoms with Gasteiger partial charge in [0.1, 0.15) is 5.60 Å². The van der Waals surface area contributed by atoms with Gasteiger partial charge in [0, 0.05) is 51.3 Å². The van der Waals surface area contributed by atoms with Crippen LogP contribution in [0.5, 0.6) is 0 Å². The zero-order valence-corrected chi connectivity index (χ0v) is 20.9. The summed E-state index contributed by atoms with van der Waals surface area (Å²) in [5.41, 5.74) is -0.508. The zero-order valence-electron chi connectivity index (χ0n) is 16.9. The van der Waals surface area contributed by atoms with Gasteiger partial charge in [-0.25, -0.2) is 17.5 Å². The van der Waals surface area contributed by atoms with Gasteiger partial charge in [-0.15, -0.1) is 24.0 Å². The number of halogens is 1. The van der Waals surface area contributed by atoms with Gasteiger partial charge in [0.2, 0.25) is 10.0 Å². The zero-order chi connectivity index (χ0) is 20.1. The first-order valence-electron chi connectivity index (χ1n) is 9.11. The van der Waals surface area contributed by atoms with E-state index in [0.717, 1.165) is 11.5 Å². The van der Waals surface area contributed by atoms with E-state index < -0.39 is 15.6 Å². The number of likely N-dealkylation sites (tertiary alicyclic amines) is 1. The number of hydrogen-bond acceptors (Lipinski definition) is 6. The highest BCUT2D eigenvalue weighted by Gasteiger charge is 2.34. The van der Waals surface area contributed by atoms with E-state index in [0.29, 0.717) is 32.1 Å². The highest BCUT2D eigenvalue weighted by atomic mass is 127. The quantitative estimate of drug-likeness (QED) is 0.297. The Hall–Kier alpha value is -0.470. The molecule has 0 atom stereocenters. The van der Waals surface area contributed by atoms with Crippen molar-refractivity contribution in [3.63, 3.8) is 0 Å². The number of nitrogens with one attached hydrogen (secondary N) is 2. The van der Waals surface area contributed by atoms with Gasteiger partial charge in [0.25, 0.3) is 0 Å². The molecule has 28 heavy (non-hydrogen) atoms. The van der Waals surface area contributed by atoms with Crippen molar-refractivity contribution in [2.24, 2.45) is 4.99 Å². The van der Waals surface area contributed by atoms with Crippen LogP contribution in [0.1, 0.15) is 20.8 Å². The van der Waals surface area contributed by atoms with Gasteiger partial charge in [-0.2, -0.15) is 11.8 Å². The lowest BCUT2D eigenvalue weighted by Gasteiger charge is -2.40. The van der Waals surface area contributed by atoms with Crippen molar-refractivity contribution in [2.45, 2.75) is 32.4 Å². The molecule has 0 bridgehead atoms. The number of carbonyl (C=O) groups is 1. The van der Waals surface area contributed by atoms with Crippen LogP contribution in [-0.4, -0.2) is 98.3 Å². The topological polar surface area (TPSA) is 103 Å². The number of rotatable bonds is 5. The van der Waals surface area contributed by atoms with Crippen LogP contribution in [0.25, 0.3) is 0 Å². The molecule has 0 radical (unpaired) electrons. The molecule has 1 amide bonds. The summed E-state index contributed by atoms with van der Waals surface area (Å²) >= 11 is 1.78. The van der Waals surface area contributed by atoms with Crippen LogP contribution in [0.3, 0.4) is 0 Å². The maximum atomic E-state index is 12.3. The molecule has 2 rings (SSSR count). The number of aliphatic imine (C=N–C) groups is 1. The molecule has 9 nitrogen and oxygen atoms in total. The predicted octanol–water partition coefficient (Wildman–Crippen LogP) is 0.767. The summed E-state index contributed by atoms with van der Waals surface area (Å²) in [4.78, 5) is 17.7. The molecular weight excluding hydrogens is 517 g/mol. The molecule has 0 spiro atoms. The van der Waals surface area contributed by atoms with E-state index in [2.05, 4.69) is 15.6 Å². The van der Waals surface area contributed by atoms with E-state index in [9.17, 15) is 13.2 Å². The summed E-state index contributed by atoms with van der Waals surface area (Å²) in [5, 5.41) is 6.23.